The molecular formula is C19H18BrN5O4. The number of hydrogen-bond donors (Lipinski definition) is 3. The number of anilines is 1. The van der Waals surface area contributed by atoms with Gasteiger partial charge in [0.25, 0.3) is 11.8 Å². The number of nitrogens with two attached hydrogens (primary N) is 1. The predicted molar refractivity (Wildman–Crippen MR) is 110 cm³/mol. The Balaban J connectivity index is 1.79. The Kier molecular flexibility index (Phi) is 6.13. The third-order valence-electron chi connectivity index (χ3n) is 4.05. The largest absolute Gasteiger partial charge is 0.493 e. The lowest BCUT2D eigenvalue weighted by Crippen LogP contribution is -2.21. The first-order valence-electron chi connectivity index (χ1n) is 8.47. The number of aromatic amines is 1. The number of aryl methyl sites for hydroxylation is 1. The zero-order valence-corrected chi connectivity index (χ0v) is 17.2. The molecule has 150 valence electrons. The van der Waals surface area contributed by atoms with E-state index >= 15 is 0 Å². The summed E-state index contributed by atoms with van der Waals surface area (Å²) < 4.78 is 11.5. The molecule has 3 rings (SSSR count). The molecule has 29 heavy (non-hydrogen) atoms. The Hall–Kier alpha value is -3.40. The zero-order chi connectivity index (χ0) is 21.0. The normalized spacial score (nSPS) is 10.4. The van der Waals surface area contributed by atoms with Gasteiger partial charge < -0.3 is 20.5 Å². The lowest BCUT2D eigenvalue weighted by atomic mass is 10.1. The molecule has 3 aromatic rings. The lowest BCUT2D eigenvalue weighted by Gasteiger charge is -2.14. The fourth-order valence-electron chi connectivity index (χ4n) is 2.64. The van der Waals surface area contributed by atoms with Gasteiger partial charge in [-0.25, -0.2) is 0 Å². The van der Waals surface area contributed by atoms with Crippen LogP contribution < -0.4 is 20.5 Å². The van der Waals surface area contributed by atoms with Crippen molar-refractivity contribution < 1.29 is 19.1 Å². The second-order valence-corrected chi connectivity index (χ2v) is 6.88. The smallest absolute Gasteiger partial charge is 0.271 e. The van der Waals surface area contributed by atoms with Crippen LogP contribution in [0.2, 0.25) is 0 Å². The van der Waals surface area contributed by atoms with Gasteiger partial charge in [0.15, 0.2) is 23.8 Å². The second kappa shape index (κ2) is 8.74. The third kappa shape index (κ3) is 4.54. The Morgan fingerprint density at radius 3 is 2.69 bits per heavy atom. The first-order valence-corrected chi connectivity index (χ1v) is 9.26. The molecule has 1 aromatic heterocycles. The average Bonchev–Trinajstić information content (AvgIpc) is 3.18. The number of methoxy groups -OCH3 is 1. The fraction of sp³-hybridized carbons (Fsp3) is 0.158. The predicted octanol–water partition coefficient (Wildman–Crippen LogP) is 2.67. The molecule has 0 aliphatic heterocycles. The second-order valence-electron chi connectivity index (χ2n) is 6.03. The number of nitrogens with one attached hydrogen (secondary N) is 2. The molecular weight excluding hydrogens is 442 g/mol. The summed E-state index contributed by atoms with van der Waals surface area (Å²) >= 11 is 3.40. The number of benzene rings is 2. The number of ether oxygens (including phenoxy) is 2. The van der Waals surface area contributed by atoms with Crippen LogP contribution in [0.1, 0.15) is 16.1 Å². The van der Waals surface area contributed by atoms with Crippen molar-refractivity contribution in [3.63, 3.8) is 0 Å². The first-order chi connectivity index (χ1) is 13.9. The van der Waals surface area contributed by atoms with Crippen LogP contribution >= 0.6 is 15.9 Å². The Labute approximate surface area is 174 Å². The summed E-state index contributed by atoms with van der Waals surface area (Å²) in [5, 5.41) is 12.9. The summed E-state index contributed by atoms with van der Waals surface area (Å²) in [6, 6.07) is 10.7. The number of rotatable bonds is 7. The molecule has 1 heterocycles. The molecule has 0 unspecified atom stereocenters. The molecule has 0 saturated heterocycles. The van der Waals surface area contributed by atoms with Crippen molar-refractivity contribution in [3.8, 4) is 22.8 Å². The number of H-pyrrole nitrogens is 1. The van der Waals surface area contributed by atoms with Crippen molar-refractivity contribution >= 4 is 33.4 Å². The lowest BCUT2D eigenvalue weighted by molar-refractivity contribution is -0.118. The highest BCUT2D eigenvalue weighted by Gasteiger charge is 2.20. The molecule has 4 N–H and O–H groups in total. The molecule has 10 heteroatoms. The van der Waals surface area contributed by atoms with Gasteiger partial charge in [0.05, 0.1) is 11.6 Å². The summed E-state index contributed by atoms with van der Waals surface area (Å²) in [6.07, 6.45) is 0. The van der Waals surface area contributed by atoms with Crippen LogP contribution in [0.3, 0.4) is 0 Å². The van der Waals surface area contributed by atoms with Crippen molar-refractivity contribution in [1.29, 1.82) is 0 Å². The number of amides is 2. The SMILES string of the molecule is COc1cc(-c2n[nH]nc2C(N)=O)cc(Br)c1OCC(=O)Nc1ccccc1C. The molecule has 0 aliphatic carbocycles. The van der Waals surface area contributed by atoms with Crippen LogP contribution in [0.4, 0.5) is 5.69 Å². The summed E-state index contributed by atoms with van der Waals surface area (Å²) in [6.45, 7) is 1.68. The maximum atomic E-state index is 12.3. The number of carbonyl (C=O) groups excluding carboxylic acids is 2. The average molecular weight is 460 g/mol. The van der Waals surface area contributed by atoms with Gasteiger partial charge in [0.2, 0.25) is 0 Å². The highest BCUT2D eigenvalue weighted by molar-refractivity contribution is 9.10. The molecule has 0 saturated carbocycles. The minimum absolute atomic E-state index is 0.00484. The summed E-state index contributed by atoms with van der Waals surface area (Å²) in [7, 11) is 1.46. The maximum Gasteiger partial charge on any atom is 0.271 e. The summed E-state index contributed by atoms with van der Waals surface area (Å²) in [5.74, 6) is -0.348. The van der Waals surface area contributed by atoms with Gasteiger partial charge >= 0.3 is 0 Å². The number of aromatic nitrogens is 3. The van der Waals surface area contributed by atoms with Crippen molar-refractivity contribution in [3.05, 3.63) is 52.1 Å². The van der Waals surface area contributed by atoms with Gasteiger partial charge in [-0.15, -0.1) is 0 Å². The maximum absolute atomic E-state index is 12.3. The van der Waals surface area contributed by atoms with Crippen LogP contribution in [-0.4, -0.2) is 40.9 Å². The van der Waals surface area contributed by atoms with E-state index in [1.54, 1.807) is 12.1 Å². The van der Waals surface area contributed by atoms with E-state index in [0.717, 1.165) is 5.56 Å². The van der Waals surface area contributed by atoms with Crippen LogP contribution in [0.15, 0.2) is 40.9 Å². The number of primary amides is 1. The molecule has 2 amide bonds. The minimum Gasteiger partial charge on any atom is -0.493 e. The van der Waals surface area contributed by atoms with Crippen molar-refractivity contribution in [2.24, 2.45) is 5.73 Å². The van der Waals surface area contributed by atoms with Gasteiger partial charge in [0, 0.05) is 11.3 Å². The molecule has 9 nitrogen and oxygen atoms in total. The van der Waals surface area contributed by atoms with Gasteiger partial charge in [-0.05, 0) is 46.6 Å². The highest BCUT2D eigenvalue weighted by Crippen LogP contribution is 2.39. The van der Waals surface area contributed by atoms with Gasteiger partial charge in [0.1, 0.15) is 5.69 Å². The van der Waals surface area contributed by atoms with Crippen molar-refractivity contribution in [2.75, 3.05) is 19.0 Å². The van der Waals surface area contributed by atoms with E-state index in [-0.39, 0.29) is 23.9 Å². The molecule has 0 bridgehead atoms. The minimum atomic E-state index is -0.711. The van der Waals surface area contributed by atoms with E-state index < -0.39 is 5.91 Å². The molecule has 0 atom stereocenters. The molecule has 2 aromatic carbocycles. The number of halogens is 1. The number of hydrogen-bond acceptors (Lipinski definition) is 6. The number of nitrogens with zero attached hydrogens (tertiary/aromatic N) is 2. The van der Waals surface area contributed by atoms with E-state index in [0.29, 0.717) is 27.2 Å². The van der Waals surface area contributed by atoms with Crippen LogP contribution in [0.5, 0.6) is 11.5 Å². The van der Waals surface area contributed by atoms with E-state index in [1.807, 2.05) is 31.2 Å². The van der Waals surface area contributed by atoms with Crippen LogP contribution in [-0.2, 0) is 4.79 Å². The molecule has 0 radical (unpaired) electrons. The van der Waals surface area contributed by atoms with E-state index in [1.165, 1.54) is 7.11 Å². The summed E-state index contributed by atoms with van der Waals surface area (Å²) in [4.78, 5) is 23.8. The Morgan fingerprint density at radius 1 is 1.24 bits per heavy atom. The molecule has 0 aliphatic rings. The van der Waals surface area contributed by atoms with Crippen LogP contribution in [0, 0.1) is 6.92 Å². The van der Waals surface area contributed by atoms with Crippen molar-refractivity contribution in [2.45, 2.75) is 6.92 Å². The Bertz CT molecular complexity index is 1070. The fourth-order valence-corrected chi connectivity index (χ4v) is 3.19. The number of para-hydroxylation sites is 1. The Morgan fingerprint density at radius 2 is 2.00 bits per heavy atom. The van der Waals surface area contributed by atoms with Crippen LogP contribution in [0.25, 0.3) is 11.3 Å². The van der Waals surface area contributed by atoms with E-state index in [9.17, 15) is 9.59 Å². The van der Waals surface area contributed by atoms with Crippen molar-refractivity contribution in [1.82, 2.24) is 15.4 Å². The van der Waals surface area contributed by atoms with Gasteiger partial charge in [-0.3, -0.25) is 9.59 Å². The zero-order valence-electron chi connectivity index (χ0n) is 15.7. The molecule has 0 fully saturated rings. The third-order valence-corrected chi connectivity index (χ3v) is 4.64. The highest BCUT2D eigenvalue weighted by atomic mass is 79.9. The quantitative estimate of drug-likeness (QED) is 0.497. The van der Waals surface area contributed by atoms with Gasteiger partial charge in [-0.1, -0.05) is 18.2 Å². The number of carbonyl (C=O) groups is 2. The molecule has 0 spiro atoms. The standard InChI is InChI=1S/C19H18BrN5O4/c1-10-5-3-4-6-13(10)22-15(26)9-29-18-12(20)7-11(8-14(18)28-2)16-17(19(21)27)24-25-23-16/h3-8H,9H2,1-2H3,(H2,21,27)(H,22,26)(H,23,24,25). The van der Waals surface area contributed by atoms with E-state index in [2.05, 4.69) is 36.7 Å². The van der Waals surface area contributed by atoms with Gasteiger partial charge in [-0.2, -0.15) is 15.4 Å². The summed E-state index contributed by atoms with van der Waals surface area (Å²) in [5.41, 5.74) is 7.80. The topological polar surface area (TPSA) is 132 Å². The first kappa shape index (κ1) is 20.3. The van der Waals surface area contributed by atoms with E-state index in [4.69, 9.17) is 15.2 Å². The monoisotopic (exact) mass is 459 g/mol.